The highest BCUT2D eigenvalue weighted by atomic mass is 32.2. The lowest BCUT2D eigenvalue weighted by molar-refractivity contribution is -0.133. The van der Waals surface area contributed by atoms with Gasteiger partial charge in [-0.25, -0.2) is 0 Å². The van der Waals surface area contributed by atoms with E-state index in [0.717, 1.165) is 17.3 Å². The van der Waals surface area contributed by atoms with Crippen molar-refractivity contribution >= 4 is 17.7 Å². The van der Waals surface area contributed by atoms with Gasteiger partial charge in [0.1, 0.15) is 17.3 Å². The van der Waals surface area contributed by atoms with Crippen LogP contribution < -0.4 is 0 Å². The molecule has 2 rings (SSSR count). The molecule has 21 heavy (non-hydrogen) atoms. The number of aryl methyl sites for hydroxylation is 1. The summed E-state index contributed by atoms with van der Waals surface area (Å²) in [5.74, 6) is 1.75. The van der Waals surface area contributed by atoms with Crippen LogP contribution in [0.1, 0.15) is 50.1 Å². The van der Waals surface area contributed by atoms with Crippen LogP contribution in [0, 0.1) is 6.92 Å². The van der Waals surface area contributed by atoms with Gasteiger partial charge in [0.25, 0.3) is 0 Å². The van der Waals surface area contributed by atoms with Crippen LogP contribution in [0.3, 0.4) is 0 Å². The summed E-state index contributed by atoms with van der Waals surface area (Å²) >= 11 is 1.17. The maximum Gasteiger partial charge on any atom is 0.313 e. The Bertz CT molecular complexity index is 633. The number of carboxylic acids is 1. The number of rotatable bonds is 6. The molecule has 1 unspecified atom stereocenters. The van der Waals surface area contributed by atoms with Crippen LogP contribution in [0.4, 0.5) is 0 Å². The third-order valence-corrected chi connectivity index (χ3v) is 4.02. The first kappa shape index (κ1) is 15.6. The van der Waals surface area contributed by atoms with Crippen molar-refractivity contribution in [3.63, 3.8) is 0 Å². The molecule has 7 heteroatoms. The lowest BCUT2D eigenvalue weighted by Crippen LogP contribution is -2.13. The zero-order valence-corrected chi connectivity index (χ0v) is 13.3. The molecule has 1 N–H and O–H groups in total. The van der Waals surface area contributed by atoms with Crippen LogP contribution in [-0.4, -0.2) is 31.6 Å². The summed E-state index contributed by atoms with van der Waals surface area (Å²) in [5.41, 5.74) is 0. The van der Waals surface area contributed by atoms with Gasteiger partial charge in [0.15, 0.2) is 5.16 Å². The van der Waals surface area contributed by atoms with E-state index in [9.17, 15) is 4.79 Å². The van der Waals surface area contributed by atoms with E-state index in [1.807, 2.05) is 44.4 Å². The van der Waals surface area contributed by atoms with E-state index in [0.29, 0.717) is 5.16 Å². The Kier molecular flexibility index (Phi) is 4.72. The summed E-state index contributed by atoms with van der Waals surface area (Å²) in [5, 5.41) is 17.8. The van der Waals surface area contributed by atoms with Crippen molar-refractivity contribution in [2.45, 2.75) is 44.8 Å². The van der Waals surface area contributed by atoms with Crippen LogP contribution in [0.5, 0.6) is 0 Å². The number of carbonyl (C=O) groups is 1. The van der Waals surface area contributed by atoms with Crippen molar-refractivity contribution in [1.29, 1.82) is 0 Å². The second kappa shape index (κ2) is 6.34. The van der Waals surface area contributed by atoms with Crippen molar-refractivity contribution in [2.75, 3.05) is 5.75 Å². The molecule has 2 aromatic rings. The smallest absolute Gasteiger partial charge is 0.313 e. The largest absolute Gasteiger partial charge is 0.481 e. The second-order valence-electron chi connectivity index (χ2n) is 5.17. The van der Waals surface area contributed by atoms with E-state index in [1.54, 1.807) is 0 Å². The summed E-state index contributed by atoms with van der Waals surface area (Å²) in [6.45, 7) is 7.96. The number of hydrogen-bond acceptors (Lipinski definition) is 5. The maximum atomic E-state index is 10.8. The van der Waals surface area contributed by atoms with Gasteiger partial charge in [-0.05, 0) is 26.0 Å². The average molecular weight is 309 g/mol. The summed E-state index contributed by atoms with van der Waals surface area (Å²) in [7, 11) is 0. The Balaban J connectivity index is 2.38. The van der Waals surface area contributed by atoms with Gasteiger partial charge in [-0.15, -0.1) is 10.2 Å². The highest BCUT2D eigenvalue weighted by Crippen LogP contribution is 2.29. The van der Waals surface area contributed by atoms with E-state index < -0.39 is 5.97 Å². The maximum absolute atomic E-state index is 10.8. The van der Waals surface area contributed by atoms with Gasteiger partial charge < -0.3 is 9.52 Å². The van der Waals surface area contributed by atoms with E-state index in [2.05, 4.69) is 10.2 Å². The fraction of sp³-hybridized carbons (Fsp3) is 0.500. The Morgan fingerprint density at radius 2 is 2.10 bits per heavy atom. The zero-order valence-electron chi connectivity index (χ0n) is 12.5. The molecule has 0 aliphatic heterocycles. The number of furan rings is 1. The summed E-state index contributed by atoms with van der Waals surface area (Å²) in [4.78, 5) is 10.8. The molecule has 0 bridgehead atoms. The van der Waals surface area contributed by atoms with Crippen molar-refractivity contribution < 1.29 is 14.3 Å². The van der Waals surface area contributed by atoms with Crippen LogP contribution in [0.15, 0.2) is 21.7 Å². The van der Waals surface area contributed by atoms with Crippen LogP contribution in [0.2, 0.25) is 0 Å². The van der Waals surface area contributed by atoms with Gasteiger partial charge >= 0.3 is 5.97 Å². The number of aromatic nitrogens is 3. The number of carboxylic acid groups (broad SMARTS) is 1. The van der Waals surface area contributed by atoms with Gasteiger partial charge in [-0.3, -0.25) is 9.36 Å². The number of aliphatic carboxylic acids is 1. The number of thioether (sulfide) groups is 1. The Labute approximate surface area is 127 Å². The van der Waals surface area contributed by atoms with Crippen molar-refractivity contribution in [3.05, 3.63) is 29.5 Å². The number of hydrogen-bond donors (Lipinski definition) is 1. The van der Waals surface area contributed by atoms with Crippen LogP contribution >= 0.6 is 11.8 Å². The lowest BCUT2D eigenvalue weighted by Gasteiger charge is -2.17. The number of nitrogens with zero attached hydrogens (tertiary/aromatic N) is 3. The standard InChI is InChI=1S/C14H19N3O3S/c1-8(2)13-15-16-14(21-7-12(18)19)17(13)10(4)11-6-5-9(3)20-11/h5-6,8,10H,7H2,1-4H3,(H,18,19). The van der Waals surface area contributed by atoms with Crippen LogP contribution in [-0.2, 0) is 4.79 Å². The molecule has 6 nitrogen and oxygen atoms in total. The first-order valence-electron chi connectivity index (χ1n) is 6.76. The third kappa shape index (κ3) is 3.47. The molecule has 114 valence electrons. The molecule has 0 aromatic carbocycles. The summed E-state index contributed by atoms with van der Waals surface area (Å²) in [6, 6.07) is 3.76. The first-order chi connectivity index (χ1) is 9.90. The van der Waals surface area contributed by atoms with Gasteiger partial charge in [0.05, 0.1) is 11.8 Å². The Morgan fingerprint density at radius 3 is 2.62 bits per heavy atom. The average Bonchev–Trinajstić information content (AvgIpc) is 3.01. The Morgan fingerprint density at radius 1 is 1.38 bits per heavy atom. The van der Waals surface area contributed by atoms with Gasteiger partial charge in [-0.1, -0.05) is 25.6 Å². The molecule has 0 amide bonds. The quantitative estimate of drug-likeness (QED) is 0.826. The molecular weight excluding hydrogens is 290 g/mol. The van der Waals surface area contributed by atoms with E-state index >= 15 is 0 Å². The molecule has 2 aromatic heterocycles. The first-order valence-corrected chi connectivity index (χ1v) is 7.74. The normalized spacial score (nSPS) is 12.8. The fourth-order valence-corrected chi connectivity index (χ4v) is 2.82. The van der Waals surface area contributed by atoms with Crippen LogP contribution in [0.25, 0.3) is 0 Å². The molecule has 0 aliphatic carbocycles. The third-order valence-electron chi connectivity index (χ3n) is 3.09. The highest BCUT2D eigenvalue weighted by Gasteiger charge is 2.23. The molecule has 0 saturated heterocycles. The lowest BCUT2D eigenvalue weighted by atomic mass is 10.2. The Hall–Kier alpha value is -1.76. The topological polar surface area (TPSA) is 81.2 Å². The highest BCUT2D eigenvalue weighted by molar-refractivity contribution is 7.99. The molecule has 1 atom stereocenters. The monoisotopic (exact) mass is 309 g/mol. The molecule has 0 spiro atoms. The fourth-order valence-electron chi connectivity index (χ4n) is 2.08. The molecule has 0 radical (unpaired) electrons. The van der Waals surface area contributed by atoms with Gasteiger partial charge in [-0.2, -0.15) is 0 Å². The summed E-state index contributed by atoms with van der Waals surface area (Å²) in [6.07, 6.45) is 0. The predicted molar refractivity (Wildman–Crippen MR) is 79.7 cm³/mol. The van der Waals surface area contributed by atoms with E-state index in [4.69, 9.17) is 9.52 Å². The second-order valence-corrected chi connectivity index (χ2v) is 6.11. The molecule has 0 aliphatic rings. The predicted octanol–water partition coefficient (Wildman–Crippen LogP) is 3.09. The molecule has 0 fully saturated rings. The van der Waals surface area contributed by atoms with Gasteiger partial charge in [0, 0.05) is 5.92 Å². The van der Waals surface area contributed by atoms with E-state index in [1.165, 1.54) is 11.8 Å². The van der Waals surface area contributed by atoms with Gasteiger partial charge in [0.2, 0.25) is 0 Å². The summed E-state index contributed by atoms with van der Waals surface area (Å²) < 4.78 is 7.64. The van der Waals surface area contributed by atoms with Crippen molar-refractivity contribution in [1.82, 2.24) is 14.8 Å². The van der Waals surface area contributed by atoms with E-state index in [-0.39, 0.29) is 17.7 Å². The molecule has 0 saturated carbocycles. The molecule has 2 heterocycles. The molecular formula is C14H19N3O3S. The zero-order chi connectivity index (χ0) is 15.6. The SMILES string of the molecule is Cc1ccc(C(C)n2c(SCC(=O)O)nnc2C(C)C)o1. The minimum atomic E-state index is -0.873. The van der Waals surface area contributed by atoms with Crippen molar-refractivity contribution in [2.24, 2.45) is 0 Å². The van der Waals surface area contributed by atoms with Crippen molar-refractivity contribution in [3.8, 4) is 0 Å². The minimum Gasteiger partial charge on any atom is -0.481 e. The minimum absolute atomic E-state index is 0.0415.